The van der Waals surface area contributed by atoms with Gasteiger partial charge in [-0.25, -0.2) is 0 Å². The van der Waals surface area contributed by atoms with Crippen LogP contribution in [0.1, 0.15) is 92.9 Å². The number of likely N-dealkylation sites (tertiary alicyclic amines) is 2. The van der Waals surface area contributed by atoms with Crippen molar-refractivity contribution >= 4 is 42.2 Å². The summed E-state index contributed by atoms with van der Waals surface area (Å²) in [7, 11) is -5.31. The van der Waals surface area contributed by atoms with Gasteiger partial charge in [0.1, 0.15) is 0 Å². The number of rotatable bonds is 18. The summed E-state index contributed by atoms with van der Waals surface area (Å²) in [5.74, 6) is -0.372. The maximum Gasteiger partial charge on any atom is 0.309 e. The van der Waals surface area contributed by atoms with Gasteiger partial charge in [0.15, 0.2) is 0 Å². The molecule has 2 saturated heterocycles. The Morgan fingerprint density at radius 1 is 0.805 bits per heavy atom. The van der Waals surface area contributed by atoms with Gasteiger partial charge in [-0.05, 0) is 63.5 Å². The lowest BCUT2D eigenvalue weighted by Gasteiger charge is -2.19. The first-order chi connectivity index (χ1) is 19.4. The molecule has 0 aromatic heterocycles. The van der Waals surface area contributed by atoms with Crippen molar-refractivity contribution in [3.8, 4) is 0 Å². The minimum Gasteiger partial charge on any atom is -0.419 e. The van der Waals surface area contributed by atoms with Gasteiger partial charge < -0.3 is 13.7 Å². The summed E-state index contributed by atoms with van der Waals surface area (Å²) in [5, 5.41) is 0. The highest BCUT2D eigenvalue weighted by atomic mass is 28.4. The predicted octanol–water partition coefficient (Wildman–Crippen LogP) is 3.72. The fourth-order valence-corrected chi connectivity index (χ4v) is 9.18. The van der Waals surface area contributed by atoms with Crippen molar-refractivity contribution in [2.45, 2.75) is 105 Å². The molecule has 2 aliphatic heterocycles. The van der Waals surface area contributed by atoms with Crippen LogP contribution in [0.15, 0.2) is 23.3 Å². The summed E-state index contributed by atoms with van der Waals surface area (Å²) in [6, 6.07) is 0.653. The third-order valence-electron chi connectivity index (χ3n) is 8.22. The molecule has 0 bridgehead atoms. The topological polar surface area (TPSA) is 124 Å². The largest absolute Gasteiger partial charge is 0.419 e. The number of nitrogens with zero attached hydrogens (tertiary/aromatic N) is 2. The summed E-state index contributed by atoms with van der Waals surface area (Å²) in [6.07, 6.45) is 8.90. The average molecular weight is 609 g/mol. The van der Waals surface area contributed by atoms with Crippen molar-refractivity contribution in [3.05, 3.63) is 23.3 Å². The standard InChI is InChI=1S/C30H52N2O7Si2/c1-7-21(3)15-23(5)17-25-19-27(33)31(29(25)35)11-9-13-40(37)39-41(38)14-10-12-32-28(34)20-26(30(32)36)18-24(6)16-22(4)8-2/h15-16,21-22,25-26,37-38,40-41H,7-14,17-20H2,1-6H3/b23-15+,24-16+. The SMILES string of the molecule is CCC(C)/C=C(\C)CC1CC(=O)N(CCC[SiH](O)O[SiH](O)CCCN2C(=O)CC(C/C(C)=C/C(C)CC)C2=O)C1=O. The maximum absolute atomic E-state index is 12.8. The molecule has 0 radical (unpaired) electrons. The first kappa shape index (κ1) is 35.3. The van der Waals surface area contributed by atoms with Crippen LogP contribution in [0.5, 0.6) is 0 Å². The lowest BCUT2D eigenvalue weighted by Crippen LogP contribution is -2.35. The van der Waals surface area contributed by atoms with Crippen molar-refractivity contribution in [2.24, 2.45) is 23.7 Å². The van der Waals surface area contributed by atoms with Crippen LogP contribution in [0.2, 0.25) is 12.1 Å². The van der Waals surface area contributed by atoms with Gasteiger partial charge in [0.05, 0.1) is 11.8 Å². The van der Waals surface area contributed by atoms with Crippen LogP contribution in [0.25, 0.3) is 0 Å². The number of amides is 4. The molecule has 0 aromatic rings. The van der Waals surface area contributed by atoms with E-state index in [4.69, 9.17) is 4.12 Å². The summed E-state index contributed by atoms with van der Waals surface area (Å²) >= 11 is 0. The van der Waals surface area contributed by atoms with E-state index >= 15 is 0 Å². The van der Waals surface area contributed by atoms with Gasteiger partial charge in [-0.3, -0.25) is 29.0 Å². The van der Waals surface area contributed by atoms with Gasteiger partial charge in [0, 0.05) is 25.9 Å². The van der Waals surface area contributed by atoms with Gasteiger partial charge in [-0.2, -0.15) is 0 Å². The second kappa shape index (κ2) is 17.3. The monoisotopic (exact) mass is 608 g/mol. The molecule has 2 fully saturated rings. The molecule has 0 aliphatic carbocycles. The van der Waals surface area contributed by atoms with Crippen molar-refractivity contribution < 1.29 is 32.9 Å². The van der Waals surface area contributed by atoms with E-state index in [1.165, 1.54) is 9.80 Å². The molecule has 41 heavy (non-hydrogen) atoms. The number of hydrogen-bond acceptors (Lipinski definition) is 7. The molecule has 2 N–H and O–H groups in total. The van der Waals surface area contributed by atoms with E-state index in [2.05, 4.69) is 39.8 Å². The Kier molecular flexibility index (Phi) is 14.8. The molecule has 2 aliphatic rings. The molecule has 9 nitrogen and oxygen atoms in total. The smallest absolute Gasteiger partial charge is 0.309 e. The zero-order chi connectivity index (χ0) is 30.7. The van der Waals surface area contributed by atoms with Crippen LogP contribution >= 0.6 is 0 Å². The Labute approximate surface area is 249 Å². The molecule has 6 unspecified atom stereocenters. The molecule has 0 aromatic carbocycles. The Hall–Kier alpha value is -1.93. The van der Waals surface area contributed by atoms with E-state index in [1.807, 2.05) is 13.8 Å². The predicted molar refractivity (Wildman–Crippen MR) is 164 cm³/mol. The third kappa shape index (κ3) is 11.3. The van der Waals surface area contributed by atoms with Gasteiger partial charge in [-0.1, -0.05) is 63.8 Å². The van der Waals surface area contributed by atoms with E-state index in [1.54, 1.807) is 0 Å². The maximum atomic E-state index is 12.8. The zero-order valence-corrected chi connectivity index (χ0v) is 28.2. The third-order valence-corrected chi connectivity index (χ3v) is 12.5. The van der Waals surface area contributed by atoms with E-state index in [-0.39, 0.29) is 61.4 Å². The van der Waals surface area contributed by atoms with E-state index in [9.17, 15) is 28.8 Å². The Morgan fingerprint density at radius 2 is 1.17 bits per heavy atom. The minimum absolute atomic E-state index is 0.145. The fourth-order valence-electron chi connectivity index (χ4n) is 5.58. The van der Waals surface area contributed by atoms with Crippen LogP contribution in [0, 0.1) is 23.7 Å². The Bertz CT molecular complexity index is 910. The molecule has 6 atom stereocenters. The Balaban J connectivity index is 1.69. The highest BCUT2D eigenvalue weighted by Crippen LogP contribution is 2.28. The van der Waals surface area contributed by atoms with Crippen LogP contribution < -0.4 is 0 Å². The molecule has 2 rings (SSSR count). The molecule has 4 amide bonds. The van der Waals surface area contributed by atoms with E-state index in [0.717, 1.165) is 24.0 Å². The lowest BCUT2D eigenvalue weighted by atomic mass is 9.95. The van der Waals surface area contributed by atoms with E-state index in [0.29, 0.717) is 49.6 Å². The number of carbonyl (C=O) groups excluding carboxylic acids is 4. The summed E-state index contributed by atoms with van der Waals surface area (Å²) < 4.78 is 5.53. The first-order valence-corrected chi connectivity index (χ1v) is 19.0. The van der Waals surface area contributed by atoms with Crippen LogP contribution in [0.3, 0.4) is 0 Å². The van der Waals surface area contributed by atoms with Gasteiger partial charge >= 0.3 is 18.6 Å². The number of allylic oxidation sites excluding steroid dienone is 4. The fraction of sp³-hybridized carbons (Fsp3) is 0.733. The van der Waals surface area contributed by atoms with Crippen molar-refractivity contribution in [2.75, 3.05) is 13.1 Å². The Morgan fingerprint density at radius 3 is 1.51 bits per heavy atom. The molecule has 0 saturated carbocycles. The quantitative estimate of drug-likeness (QED) is 0.138. The summed E-state index contributed by atoms with van der Waals surface area (Å²) in [5.41, 5.74) is 2.26. The second-order valence-corrected chi connectivity index (χ2v) is 16.2. The van der Waals surface area contributed by atoms with Gasteiger partial charge in [0.2, 0.25) is 23.6 Å². The number of hydrogen-bond donors (Lipinski definition) is 2. The minimum atomic E-state index is -2.66. The zero-order valence-electron chi connectivity index (χ0n) is 25.9. The summed E-state index contributed by atoms with van der Waals surface area (Å²) in [4.78, 5) is 73.7. The van der Waals surface area contributed by atoms with Crippen molar-refractivity contribution in [1.29, 1.82) is 0 Å². The van der Waals surface area contributed by atoms with Crippen LogP contribution in [-0.4, -0.2) is 74.7 Å². The van der Waals surface area contributed by atoms with Crippen LogP contribution in [0.4, 0.5) is 0 Å². The molecular formula is C30H52N2O7Si2. The summed E-state index contributed by atoms with van der Waals surface area (Å²) in [6.45, 7) is 13.0. The lowest BCUT2D eigenvalue weighted by molar-refractivity contribution is -0.140. The van der Waals surface area contributed by atoms with Gasteiger partial charge in [0.25, 0.3) is 0 Å². The molecule has 232 valence electrons. The van der Waals surface area contributed by atoms with Crippen LogP contribution in [-0.2, 0) is 23.3 Å². The highest BCUT2D eigenvalue weighted by molar-refractivity contribution is 6.57. The molecule has 2 heterocycles. The van der Waals surface area contributed by atoms with Gasteiger partial charge in [-0.15, -0.1) is 0 Å². The second-order valence-electron chi connectivity index (χ2n) is 12.1. The molecule has 0 spiro atoms. The number of carbonyl (C=O) groups is 4. The van der Waals surface area contributed by atoms with Crippen molar-refractivity contribution in [1.82, 2.24) is 9.80 Å². The highest BCUT2D eigenvalue weighted by Gasteiger charge is 2.39. The molecule has 11 heteroatoms. The number of imide groups is 2. The normalized spacial score (nSPS) is 23.5. The first-order valence-electron chi connectivity index (χ1n) is 15.4. The average Bonchev–Trinajstić information content (AvgIpc) is 3.31. The van der Waals surface area contributed by atoms with Crippen molar-refractivity contribution in [3.63, 3.8) is 0 Å². The van der Waals surface area contributed by atoms with E-state index < -0.39 is 18.6 Å². The molecular weight excluding hydrogens is 557 g/mol.